The van der Waals surface area contributed by atoms with Crippen LogP contribution >= 0.6 is 0 Å². The van der Waals surface area contributed by atoms with Crippen LogP contribution in [0.2, 0.25) is 0 Å². The van der Waals surface area contributed by atoms with Gasteiger partial charge in [0.15, 0.2) is 5.76 Å². The molecule has 2 aromatic carbocycles. The summed E-state index contributed by atoms with van der Waals surface area (Å²) in [5.74, 6) is -0.635. The summed E-state index contributed by atoms with van der Waals surface area (Å²) in [6.07, 6.45) is -2.57. The number of aliphatic hydroxyl groups is 3. The van der Waals surface area contributed by atoms with E-state index in [0.717, 1.165) is 5.57 Å². The Morgan fingerprint density at radius 2 is 1.82 bits per heavy atom. The summed E-state index contributed by atoms with van der Waals surface area (Å²) in [5, 5.41) is 51.1. The second-order valence-corrected chi connectivity index (χ2v) is 9.11. The largest absolute Gasteiger partial charge is 0.507 e. The number of ether oxygens (including phenoxy) is 3. The average Bonchev–Trinajstić information content (AvgIpc) is 2.87. The van der Waals surface area contributed by atoms with E-state index in [1.165, 1.54) is 13.2 Å². The Balaban J connectivity index is 0.00000400. The van der Waals surface area contributed by atoms with E-state index in [-0.39, 0.29) is 42.7 Å². The second kappa shape index (κ2) is 11.9. The molecule has 4 rings (SSSR count). The molecular weight excluding hydrogens is 496 g/mol. The molecule has 206 valence electrons. The number of rotatable bonds is 7. The fourth-order valence-corrected chi connectivity index (χ4v) is 4.17. The van der Waals surface area contributed by atoms with Crippen molar-refractivity contribution in [2.24, 2.45) is 0 Å². The van der Waals surface area contributed by atoms with Crippen molar-refractivity contribution in [3.05, 3.63) is 57.8 Å². The maximum atomic E-state index is 13.2. The second-order valence-electron chi connectivity index (χ2n) is 9.11. The minimum Gasteiger partial charge on any atom is -0.507 e. The summed E-state index contributed by atoms with van der Waals surface area (Å²) in [7, 11) is 1.51. The van der Waals surface area contributed by atoms with E-state index in [4.69, 9.17) is 18.6 Å². The topological polar surface area (TPSA) is 159 Å². The van der Waals surface area contributed by atoms with Crippen LogP contribution in [-0.4, -0.2) is 63.9 Å². The van der Waals surface area contributed by atoms with E-state index in [9.17, 15) is 30.3 Å². The first-order chi connectivity index (χ1) is 17.6. The lowest BCUT2D eigenvalue weighted by atomic mass is 10.0. The van der Waals surface area contributed by atoms with Gasteiger partial charge in [-0.3, -0.25) is 4.79 Å². The Hall–Kier alpha value is -3.57. The van der Waals surface area contributed by atoms with Crippen LogP contribution in [-0.2, 0) is 11.2 Å². The van der Waals surface area contributed by atoms with Crippen molar-refractivity contribution in [2.75, 3.05) is 13.7 Å². The first-order valence-electron chi connectivity index (χ1n) is 11.8. The van der Waals surface area contributed by atoms with Crippen LogP contribution in [0.1, 0.15) is 33.3 Å². The zero-order valence-electron chi connectivity index (χ0n) is 20.7. The van der Waals surface area contributed by atoms with Crippen molar-refractivity contribution >= 4 is 11.0 Å². The van der Waals surface area contributed by atoms with Crippen LogP contribution in [0.15, 0.2) is 51.2 Å². The molecule has 1 aromatic heterocycles. The number of hydrogen-bond acceptors (Lipinski definition) is 10. The molecule has 0 radical (unpaired) electrons. The molecule has 10 nitrogen and oxygen atoms in total. The van der Waals surface area contributed by atoms with Gasteiger partial charge in [0.05, 0.1) is 19.8 Å². The smallest absolute Gasteiger partial charge is 0.238 e. The van der Waals surface area contributed by atoms with Gasteiger partial charge in [-0.05, 0) is 44.5 Å². The van der Waals surface area contributed by atoms with Gasteiger partial charge in [0.2, 0.25) is 17.5 Å². The molecule has 1 aliphatic heterocycles. The molecule has 2 unspecified atom stereocenters. The van der Waals surface area contributed by atoms with E-state index in [1.807, 2.05) is 19.9 Å². The molecule has 0 spiro atoms. The highest BCUT2D eigenvalue weighted by Crippen LogP contribution is 2.40. The molecule has 1 fully saturated rings. The van der Waals surface area contributed by atoms with E-state index < -0.39 is 48.1 Å². The zero-order valence-corrected chi connectivity index (χ0v) is 20.7. The number of phenols is 1. The van der Waals surface area contributed by atoms with Gasteiger partial charge >= 0.3 is 0 Å². The predicted octanol–water partition coefficient (Wildman–Crippen LogP) is 3.23. The van der Waals surface area contributed by atoms with Crippen LogP contribution in [0.5, 0.6) is 23.0 Å². The Bertz CT molecular complexity index is 1360. The third-order valence-electron chi connectivity index (χ3n) is 6.21. The quantitative estimate of drug-likeness (QED) is 0.287. The van der Waals surface area contributed by atoms with Gasteiger partial charge in [-0.15, -0.1) is 0 Å². The number of aliphatic hydroxyl groups excluding tert-OH is 3. The molecule has 2 heterocycles. The van der Waals surface area contributed by atoms with E-state index in [0.29, 0.717) is 16.9 Å². The first-order valence-corrected chi connectivity index (χ1v) is 11.8. The lowest BCUT2D eigenvalue weighted by Crippen LogP contribution is -2.51. The zero-order chi connectivity index (χ0) is 26.9. The Morgan fingerprint density at radius 3 is 2.42 bits per heavy atom. The Labute approximate surface area is 220 Å². The van der Waals surface area contributed by atoms with Crippen LogP contribution in [0.4, 0.5) is 0 Å². The number of methoxy groups -OCH3 is 1. The summed E-state index contributed by atoms with van der Waals surface area (Å²) >= 11 is 0. The predicted molar refractivity (Wildman–Crippen MR) is 141 cm³/mol. The highest BCUT2D eigenvalue weighted by molar-refractivity contribution is 5.91. The minimum absolute atomic E-state index is 0. The van der Waals surface area contributed by atoms with E-state index in [1.54, 1.807) is 24.3 Å². The number of fused-ring (bicyclic) bond motifs is 1. The molecule has 0 saturated carbocycles. The lowest BCUT2D eigenvalue weighted by Gasteiger charge is -2.36. The highest BCUT2D eigenvalue weighted by atomic mass is 16.7. The van der Waals surface area contributed by atoms with Gasteiger partial charge < -0.3 is 44.2 Å². The summed E-state index contributed by atoms with van der Waals surface area (Å²) in [6, 6.07) is 7.72. The summed E-state index contributed by atoms with van der Waals surface area (Å²) in [6.45, 7) is 3.28. The highest BCUT2D eigenvalue weighted by Gasteiger charge is 2.38. The third kappa shape index (κ3) is 5.63. The average molecular weight is 531 g/mol. The number of hydrogen-bond donors (Lipinski definition) is 5. The third-order valence-corrected chi connectivity index (χ3v) is 6.21. The number of phenolic OH excluding ortho intramolecular Hbond substituents is 1. The maximum Gasteiger partial charge on any atom is 0.238 e. The van der Waals surface area contributed by atoms with E-state index >= 15 is 0 Å². The number of benzene rings is 2. The molecule has 5 N–H and O–H groups in total. The molecule has 1 aliphatic rings. The van der Waals surface area contributed by atoms with Gasteiger partial charge in [0.1, 0.15) is 40.4 Å². The summed E-state index contributed by atoms with van der Waals surface area (Å²) in [4.78, 5) is 13.2. The monoisotopic (exact) mass is 530 g/mol. The van der Waals surface area contributed by atoms with Crippen LogP contribution in [0, 0.1) is 0 Å². The van der Waals surface area contributed by atoms with Crippen molar-refractivity contribution in [1.82, 2.24) is 0 Å². The number of aromatic hydroxyl groups is 2. The van der Waals surface area contributed by atoms with Crippen LogP contribution in [0.25, 0.3) is 22.3 Å². The summed E-state index contributed by atoms with van der Waals surface area (Å²) < 4.78 is 22.7. The number of allylic oxidation sites excluding steroid dienone is 2. The molecule has 10 heteroatoms. The molecule has 0 aliphatic carbocycles. The molecule has 38 heavy (non-hydrogen) atoms. The normalized spacial score (nSPS) is 21.0. The fourth-order valence-electron chi connectivity index (χ4n) is 4.17. The molecule has 1 saturated heterocycles. The van der Waals surface area contributed by atoms with Crippen molar-refractivity contribution in [1.29, 1.82) is 0 Å². The van der Waals surface area contributed by atoms with E-state index in [2.05, 4.69) is 0 Å². The molecule has 4 atom stereocenters. The lowest BCUT2D eigenvalue weighted by molar-refractivity contribution is -0.240. The van der Waals surface area contributed by atoms with Crippen molar-refractivity contribution in [3.63, 3.8) is 0 Å². The molecular formula is C28H34O10. The van der Waals surface area contributed by atoms with Gasteiger partial charge in [-0.1, -0.05) is 19.1 Å². The molecule has 0 amide bonds. The SMILES string of the molecule is C.COc1ccc(-c2oc3c(CC=C(C)C)c(OC4OC(CO)[C@@H](O)C[C@@H]4O)cc(O)c3c(=O)c2O)cc1. The van der Waals surface area contributed by atoms with Gasteiger partial charge in [0.25, 0.3) is 0 Å². The van der Waals surface area contributed by atoms with Crippen molar-refractivity contribution in [3.8, 4) is 34.3 Å². The maximum absolute atomic E-state index is 13.2. The Kier molecular flexibility index (Phi) is 9.05. The molecule has 0 bridgehead atoms. The standard InChI is InChI=1S/C27H30O10.CH4/c1-13(2)4-9-16-20(35-27-19(31)10-17(29)21(12-28)36-27)11-18(30)22-23(32)24(33)25(37-26(16)22)14-5-7-15(34-3)8-6-14;/h4-8,11,17,19,21,27-31,33H,9-10,12H2,1-3H3;1H4/t17-,19-,21?,27?;/m0./s1. The molecule has 3 aromatic rings. The van der Waals surface area contributed by atoms with Crippen LogP contribution < -0.4 is 14.9 Å². The van der Waals surface area contributed by atoms with Crippen molar-refractivity contribution in [2.45, 2.75) is 58.7 Å². The Morgan fingerprint density at radius 1 is 1.13 bits per heavy atom. The minimum atomic E-state index is -1.27. The van der Waals surface area contributed by atoms with Gasteiger partial charge in [0, 0.05) is 23.6 Å². The van der Waals surface area contributed by atoms with Crippen molar-refractivity contribution < 1.29 is 44.2 Å². The summed E-state index contributed by atoms with van der Waals surface area (Å²) in [5.41, 5.74) is 0.892. The fraction of sp³-hybridized carbons (Fsp3) is 0.393. The first kappa shape index (κ1) is 29.0. The van der Waals surface area contributed by atoms with Gasteiger partial charge in [-0.25, -0.2) is 0 Å². The van der Waals surface area contributed by atoms with Gasteiger partial charge in [-0.2, -0.15) is 0 Å². The van der Waals surface area contributed by atoms with Crippen LogP contribution in [0.3, 0.4) is 0 Å².